The Labute approximate surface area is 152 Å². The molecule has 0 aliphatic rings. The molecule has 0 aliphatic carbocycles. The molecule has 0 heterocycles. The monoisotopic (exact) mass is 389 g/mol. The van der Waals surface area contributed by atoms with Gasteiger partial charge in [-0.25, -0.2) is 0 Å². The number of hydrogen-bond acceptors (Lipinski definition) is 2. The summed E-state index contributed by atoms with van der Waals surface area (Å²) in [7, 11) is 0. The lowest BCUT2D eigenvalue weighted by Crippen LogP contribution is -2.14. The molecule has 0 fully saturated rings. The normalized spacial score (nSPS) is 10.5. The minimum atomic E-state index is -0.163. The molecule has 0 saturated carbocycles. The number of hydrogen-bond donors (Lipinski definition) is 1. The van der Waals surface area contributed by atoms with Gasteiger partial charge in [-0.15, -0.1) is 0 Å². The van der Waals surface area contributed by atoms with Gasteiger partial charge in [0.2, 0.25) is 0 Å². The second kappa shape index (κ2) is 9.48. The van der Waals surface area contributed by atoms with E-state index in [1.54, 1.807) is 6.07 Å². The first kappa shape index (κ1) is 18.5. The van der Waals surface area contributed by atoms with Gasteiger partial charge in [-0.3, -0.25) is 4.79 Å². The van der Waals surface area contributed by atoms with Crippen LogP contribution in [0.4, 0.5) is 5.69 Å². The molecule has 2 rings (SSSR count). The quantitative estimate of drug-likeness (QED) is 0.564. The van der Waals surface area contributed by atoms with E-state index in [0.717, 1.165) is 28.6 Å². The molecule has 1 N–H and O–H groups in total. The van der Waals surface area contributed by atoms with Crippen molar-refractivity contribution in [1.82, 2.24) is 0 Å². The molecule has 0 aliphatic heterocycles. The lowest BCUT2D eigenvalue weighted by Gasteiger charge is -2.12. The van der Waals surface area contributed by atoms with Crippen molar-refractivity contribution in [3.63, 3.8) is 0 Å². The number of rotatable bonds is 8. The number of anilines is 1. The summed E-state index contributed by atoms with van der Waals surface area (Å²) in [6.45, 7) is 4.83. The predicted octanol–water partition coefficient (Wildman–Crippen LogP) is 5.97. The molecule has 1 amide bonds. The molecule has 0 aromatic heterocycles. The molecule has 0 radical (unpaired) electrons. The van der Waals surface area contributed by atoms with Crippen LogP contribution in [0.15, 0.2) is 46.9 Å². The number of amides is 1. The summed E-state index contributed by atoms with van der Waals surface area (Å²) in [5.74, 6) is 0.461. The fraction of sp³-hybridized carbons (Fsp3) is 0.350. The van der Waals surface area contributed by atoms with Crippen LogP contribution in [0.2, 0.25) is 0 Å². The Morgan fingerprint density at radius 2 is 1.83 bits per heavy atom. The highest BCUT2D eigenvalue weighted by atomic mass is 79.9. The first-order chi connectivity index (χ1) is 11.6. The van der Waals surface area contributed by atoms with Crippen molar-refractivity contribution in [2.24, 2.45) is 0 Å². The van der Waals surface area contributed by atoms with Gasteiger partial charge < -0.3 is 10.1 Å². The zero-order valence-corrected chi connectivity index (χ0v) is 15.9. The number of carbonyl (C=O) groups is 1. The molecule has 0 saturated heterocycles. The van der Waals surface area contributed by atoms with Crippen molar-refractivity contribution in [1.29, 1.82) is 0 Å². The summed E-state index contributed by atoms with van der Waals surface area (Å²) in [5, 5.41) is 2.92. The number of nitrogens with one attached hydrogen (secondary N) is 1. The lowest BCUT2D eigenvalue weighted by atomic mass is 10.1. The molecular formula is C20H24BrNO2. The van der Waals surface area contributed by atoms with Crippen LogP contribution in [-0.2, 0) is 0 Å². The Bertz CT molecular complexity index is 668. The summed E-state index contributed by atoms with van der Waals surface area (Å²) in [5.41, 5.74) is 2.48. The molecule has 0 unspecified atom stereocenters. The van der Waals surface area contributed by atoms with Crippen LogP contribution in [-0.4, -0.2) is 12.5 Å². The Hall–Kier alpha value is -1.81. The minimum Gasteiger partial charge on any atom is -0.493 e. The van der Waals surface area contributed by atoms with Crippen molar-refractivity contribution < 1.29 is 9.53 Å². The highest BCUT2D eigenvalue weighted by molar-refractivity contribution is 9.10. The molecule has 3 nitrogen and oxygen atoms in total. The van der Waals surface area contributed by atoms with E-state index >= 15 is 0 Å². The van der Waals surface area contributed by atoms with E-state index in [9.17, 15) is 4.79 Å². The predicted molar refractivity (Wildman–Crippen MR) is 103 cm³/mol. The molecule has 2 aromatic rings. The molecule has 0 spiro atoms. The van der Waals surface area contributed by atoms with Gasteiger partial charge in [-0.1, -0.05) is 59.8 Å². The van der Waals surface area contributed by atoms with Crippen molar-refractivity contribution in [3.05, 3.63) is 58.1 Å². The first-order valence-corrected chi connectivity index (χ1v) is 9.20. The van der Waals surface area contributed by atoms with Gasteiger partial charge >= 0.3 is 0 Å². The van der Waals surface area contributed by atoms with E-state index in [-0.39, 0.29) is 5.91 Å². The largest absolute Gasteiger partial charge is 0.493 e. The second-order valence-electron chi connectivity index (χ2n) is 5.87. The fourth-order valence-corrected chi connectivity index (χ4v) is 2.71. The van der Waals surface area contributed by atoms with E-state index in [0.29, 0.717) is 17.9 Å². The Kier molecular flexibility index (Phi) is 7.32. The molecule has 4 heteroatoms. The van der Waals surface area contributed by atoms with E-state index in [1.165, 1.54) is 12.8 Å². The number of benzene rings is 2. The standard InChI is InChI=1S/C20H24BrNO2/c1-3-4-5-6-13-24-19-12-9-16(21)14-18(19)20(23)22-17-10-7-15(2)8-11-17/h7-12,14H,3-6,13H2,1-2H3,(H,22,23). The lowest BCUT2D eigenvalue weighted by molar-refractivity contribution is 0.102. The molecular weight excluding hydrogens is 366 g/mol. The number of ether oxygens (including phenoxy) is 1. The summed E-state index contributed by atoms with van der Waals surface area (Å²) >= 11 is 3.43. The van der Waals surface area contributed by atoms with Crippen LogP contribution in [0.5, 0.6) is 5.75 Å². The summed E-state index contributed by atoms with van der Waals surface area (Å²) < 4.78 is 6.69. The molecule has 24 heavy (non-hydrogen) atoms. The van der Waals surface area contributed by atoms with Crippen LogP contribution < -0.4 is 10.1 Å². The third kappa shape index (κ3) is 5.68. The van der Waals surface area contributed by atoms with E-state index < -0.39 is 0 Å². The Morgan fingerprint density at radius 3 is 2.54 bits per heavy atom. The second-order valence-corrected chi connectivity index (χ2v) is 6.79. The van der Waals surface area contributed by atoms with Crippen LogP contribution in [0, 0.1) is 6.92 Å². The number of aryl methyl sites for hydroxylation is 1. The van der Waals surface area contributed by atoms with E-state index in [4.69, 9.17) is 4.74 Å². The minimum absolute atomic E-state index is 0.163. The zero-order valence-electron chi connectivity index (χ0n) is 14.3. The average Bonchev–Trinajstić information content (AvgIpc) is 2.58. The molecule has 2 aromatic carbocycles. The van der Waals surface area contributed by atoms with Crippen LogP contribution in [0.3, 0.4) is 0 Å². The number of carbonyl (C=O) groups excluding carboxylic acids is 1. The highest BCUT2D eigenvalue weighted by Gasteiger charge is 2.13. The van der Waals surface area contributed by atoms with Gasteiger partial charge in [0, 0.05) is 10.2 Å². The maximum absolute atomic E-state index is 12.6. The summed E-state index contributed by atoms with van der Waals surface area (Å²) in [6.07, 6.45) is 4.56. The van der Waals surface area contributed by atoms with Crippen LogP contribution in [0.25, 0.3) is 0 Å². The van der Waals surface area contributed by atoms with Crippen molar-refractivity contribution in [2.75, 3.05) is 11.9 Å². The van der Waals surface area contributed by atoms with E-state index in [1.807, 2.05) is 43.3 Å². The van der Waals surface area contributed by atoms with Gasteiger partial charge in [-0.05, 0) is 43.7 Å². The van der Waals surface area contributed by atoms with Crippen LogP contribution >= 0.6 is 15.9 Å². The van der Waals surface area contributed by atoms with Gasteiger partial charge in [0.25, 0.3) is 5.91 Å². The maximum Gasteiger partial charge on any atom is 0.259 e. The topological polar surface area (TPSA) is 38.3 Å². The fourth-order valence-electron chi connectivity index (χ4n) is 2.35. The summed E-state index contributed by atoms with van der Waals surface area (Å²) in [4.78, 5) is 12.6. The van der Waals surface area contributed by atoms with Crippen molar-refractivity contribution >= 4 is 27.5 Å². The maximum atomic E-state index is 12.6. The van der Waals surface area contributed by atoms with Gasteiger partial charge in [-0.2, -0.15) is 0 Å². The van der Waals surface area contributed by atoms with Crippen molar-refractivity contribution in [2.45, 2.75) is 39.5 Å². The molecule has 0 atom stereocenters. The smallest absolute Gasteiger partial charge is 0.259 e. The van der Waals surface area contributed by atoms with Crippen molar-refractivity contribution in [3.8, 4) is 5.75 Å². The third-order valence-corrected chi connectivity index (χ3v) is 4.24. The summed E-state index contributed by atoms with van der Waals surface area (Å²) in [6, 6.07) is 13.3. The Morgan fingerprint density at radius 1 is 1.08 bits per heavy atom. The number of halogens is 1. The highest BCUT2D eigenvalue weighted by Crippen LogP contribution is 2.25. The van der Waals surface area contributed by atoms with Gasteiger partial charge in [0.15, 0.2) is 0 Å². The average molecular weight is 390 g/mol. The third-order valence-electron chi connectivity index (χ3n) is 3.75. The zero-order chi connectivity index (χ0) is 17.4. The van der Waals surface area contributed by atoms with Crippen LogP contribution in [0.1, 0.15) is 48.5 Å². The first-order valence-electron chi connectivity index (χ1n) is 8.40. The van der Waals surface area contributed by atoms with E-state index in [2.05, 4.69) is 28.2 Å². The van der Waals surface area contributed by atoms with Gasteiger partial charge in [0.05, 0.1) is 12.2 Å². The molecule has 0 bridgehead atoms. The SMILES string of the molecule is CCCCCCOc1ccc(Br)cc1C(=O)Nc1ccc(C)cc1. The molecule has 128 valence electrons. The van der Waals surface area contributed by atoms with Gasteiger partial charge in [0.1, 0.15) is 5.75 Å². The number of unbranched alkanes of at least 4 members (excludes halogenated alkanes) is 3. The Balaban J connectivity index is 2.05.